The van der Waals surface area contributed by atoms with Gasteiger partial charge >= 0.3 is 5.97 Å². The second-order valence-electron chi connectivity index (χ2n) is 3.57. The summed E-state index contributed by atoms with van der Waals surface area (Å²) in [6.45, 7) is 4.52. The van der Waals surface area contributed by atoms with Crippen LogP contribution in [0.5, 0.6) is 0 Å². The van der Waals surface area contributed by atoms with Crippen LogP contribution in [-0.2, 0) is 19.1 Å². The maximum Gasteiger partial charge on any atom is 0.309 e. The van der Waals surface area contributed by atoms with Gasteiger partial charge in [-0.15, -0.1) is 0 Å². The number of nitrogens with two attached hydrogens (primary N) is 1. The predicted octanol–water partition coefficient (Wildman–Crippen LogP) is -0.724. The molecule has 0 saturated carbocycles. The van der Waals surface area contributed by atoms with Gasteiger partial charge in [0.2, 0.25) is 5.91 Å². The van der Waals surface area contributed by atoms with E-state index in [1.807, 2.05) is 6.92 Å². The Morgan fingerprint density at radius 2 is 2.00 bits per heavy atom. The Labute approximate surface area is 95.5 Å². The highest BCUT2D eigenvalue weighted by atomic mass is 16.5. The summed E-state index contributed by atoms with van der Waals surface area (Å²) in [4.78, 5) is 21.5. The SMILES string of the molecule is COC(=O)C(C)C(C)NCCOCC(N)=O. The van der Waals surface area contributed by atoms with Crippen LogP contribution in [-0.4, -0.2) is 44.8 Å². The Hall–Kier alpha value is -1.14. The molecule has 0 aromatic heterocycles. The Kier molecular flexibility index (Phi) is 7.49. The number of hydrogen-bond donors (Lipinski definition) is 2. The summed E-state index contributed by atoms with van der Waals surface area (Å²) in [7, 11) is 1.36. The largest absolute Gasteiger partial charge is 0.469 e. The average molecular weight is 232 g/mol. The van der Waals surface area contributed by atoms with Crippen molar-refractivity contribution in [1.82, 2.24) is 5.32 Å². The summed E-state index contributed by atoms with van der Waals surface area (Å²) in [6, 6.07) is -0.00960. The van der Waals surface area contributed by atoms with Crippen LogP contribution in [0.4, 0.5) is 0 Å². The predicted molar refractivity (Wildman–Crippen MR) is 58.7 cm³/mol. The molecular formula is C10H20N2O4. The Balaban J connectivity index is 3.60. The Morgan fingerprint density at radius 1 is 1.38 bits per heavy atom. The van der Waals surface area contributed by atoms with E-state index in [-0.39, 0.29) is 24.5 Å². The number of carbonyl (C=O) groups is 2. The summed E-state index contributed by atoms with van der Waals surface area (Å²) < 4.78 is 9.58. The highest BCUT2D eigenvalue weighted by Gasteiger charge is 2.19. The van der Waals surface area contributed by atoms with Gasteiger partial charge < -0.3 is 20.5 Å². The fourth-order valence-corrected chi connectivity index (χ4v) is 1.10. The van der Waals surface area contributed by atoms with Crippen LogP contribution in [0, 0.1) is 5.92 Å². The molecular weight excluding hydrogens is 212 g/mol. The van der Waals surface area contributed by atoms with E-state index >= 15 is 0 Å². The Morgan fingerprint density at radius 3 is 2.50 bits per heavy atom. The van der Waals surface area contributed by atoms with E-state index < -0.39 is 5.91 Å². The molecule has 0 fully saturated rings. The van der Waals surface area contributed by atoms with E-state index in [9.17, 15) is 9.59 Å². The van der Waals surface area contributed by atoms with Gasteiger partial charge in [-0.05, 0) is 6.92 Å². The lowest BCUT2D eigenvalue weighted by atomic mass is 10.0. The standard InChI is InChI=1S/C10H20N2O4/c1-7(10(14)15-3)8(2)12-4-5-16-6-9(11)13/h7-8,12H,4-6H2,1-3H3,(H2,11,13). The molecule has 0 aromatic carbocycles. The molecule has 0 saturated heterocycles. The number of ether oxygens (including phenoxy) is 2. The Bertz CT molecular complexity index is 233. The monoisotopic (exact) mass is 232 g/mol. The van der Waals surface area contributed by atoms with Gasteiger partial charge in [-0.2, -0.15) is 0 Å². The van der Waals surface area contributed by atoms with Gasteiger partial charge in [0.1, 0.15) is 6.61 Å². The van der Waals surface area contributed by atoms with E-state index in [2.05, 4.69) is 10.1 Å². The number of amides is 1. The van der Waals surface area contributed by atoms with Gasteiger partial charge in [0.25, 0.3) is 0 Å². The number of primary amides is 1. The molecule has 2 atom stereocenters. The van der Waals surface area contributed by atoms with Gasteiger partial charge in [-0.3, -0.25) is 9.59 Å². The highest BCUT2D eigenvalue weighted by molar-refractivity contribution is 5.75. The molecule has 6 nitrogen and oxygen atoms in total. The van der Waals surface area contributed by atoms with Crippen molar-refractivity contribution in [1.29, 1.82) is 0 Å². The van der Waals surface area contributed by atoms with Gasteiger partial charge in [0.15, 0.2) is 0 Å². The van der Waals surface area contributed by atoms with Crippen LogP contribution in [0.2, 0.25) is 0 Å². The maximum atomic E-state index is 11.2. The molecule has 0 rings (SSSR count). The van der Waals surface area contributed by atoms with Crippen LogP contribution in [0.1, 0.15) is 13.8 Å². The van der Waals surface area contributed by atoms with Gasteiger partial charge in [0.05, 0.1) is 19.6 Å². The second kappa shape index (κ2) is 8.06. The van der Waals surface area contributed by atoms with Crippen LogP contribution < -0.4 is 11.1 Å². The molecule has 0 aromatic rings. The first-order valence-corrected chi connectivity index (χ1v) is 5.16. The molecule has 6 heteroatoms. The van der Waals surface area contributed by atoms with E-state index in [0.717, 1.165) is 0 Å². The first-order chi connectivity index (χ1) is 7.49. The van der Waals surface area contributed by atoms with E-state index in [1.54, 1.807) is 6.92 Å². The molecule has 16 heavy (non-hydrogen) atoms. The number of hydrogen-bond acceptors (Lipinski definition) is 5. The third kappa shape index (κ3) is 6.36. The van der Waals surface area contributed by atoms with Crippen molar-refractivity contribution in [2.75, 3.05) is 26.9 Å². The minimum atomic E-state index is -0.490. The molecule has 1 amide bonds. The van der Waals surface area contributed by atoms with E-state index in [4.69, 9.17) is 10.5 Å². The zero-order chi connectivity index (χ0) is 12.6. The summed E-state index contributed by atoms with van der Waals surface area (Å²) >= 11 is 0. The molecule has 94 valence electrons. The number of rotatable bonds is 8. The lowest BCUT2D eigenvalue weighted by molar-refractivity contribution is -0.145. The molecule has 0 aliphatic heterocycles. The van der Waals surface area contributed by atoms with Crippen LogP contribution >= 0.6 is 0 Å². The number of nitrogens with one attached hydrogen (secondary N) is 1. The quantitative estimate of drug-likeness (QED) is 0.425. The minimum absolute atomic E-state index is 0.00960. The van der Waals surface area contributed by atoms with Crippen molar-refractivity contribution in [3.8, 4) is 0 Å². The van der Waals surface area contributed by atoms with Crippen molar-refractivity contribution in [3.05, 3.63) is 0 Å². The third-order valence-corrected chi connectivity index (χ3v) is 2.28. The zero-order valence-electron chi connectivity index (χ0n) is 9.99. The lowest BCUT2D eigenvalue weighted by Gasteiger charge is -2.19. The number of methoxy groups -OCH3 is 1. The normalized spacial score (nSPS) is 14.2. The molecule has 2 unspecified atom stereocenters. The van der Waals surface area contributed by atoms with Crippen LogP contribution in [0.3, 0.4) is 0 Å². The van der Waals surface area contributed by atoms with E-state index in [0.29, 0.717) is 13.2 Å². The second-order valence-corrected chi connectivity index (χ2v) is 3.57. The average Bonchev–Trinajstić information content (AvgIpc) is 2.25. The molecule has 0 heterocycles. The van der Waals surface area contributed by atoms with Crippen molar-refractivity contribution in [2.45, 2.75) is 19.9 Å². The first kappa shape index (κ1) is 14.9. The topological polar surface area (TPSA) is 90.7 Å². The zero-order valence-corrected chi connectivity index (χ0v) is 9.99. The summed E-state index contributed by atoms with van der Waals surface area (Å²) in [6.07, 6.45) is 0. The van der Waals surface area contributed by atoms with Crippen molar-refractivity contribution in [3.63, 3.8) is 0 Å². The van der Waals surface area contributed by atoms with Gasteiger partial charge in [0, 0.05) is 12.6 Å². The van der Waals surface area contributed by atoms with Gasteiger partial charge in [-0.25, -0.2) is 0 Å². The maximum absolute atomic E-state index is 11.2. The van der Waals surface area contributed by atoms with Crippen molar-refractivity contribution in [2.24, 2.45) is 11.7 Å². The third-order valence-electron chi connectivity index (χ3n) is 2.28. The van der Waals surface area contributed by atoms with Crippen LogP contribution in [0.25, 0.3) is 0 Å². The summed E-state index contributed by atoms with van der Waals surface area (Å²) in [5.74, 6) is -0.963. The molecule has 0 bridgehead atoms. The van der Waals surface area contributed by atoms with Gasteiger partial charge in [-0.1, -0.05) is 6.92 Å². The number of esters is 1. The highest BCUT2D eigenvalue weighted by Crippen LogP contribution is 2.03. The summed E-state index contributed by atoms with van der Waals surface area (Å²) in [5, 5.41) is 3.09. The van der Waals surface area contributed by atoms with Crippen LogP contribution in [0.15, 0.2) is 0 Å². The smallest absolute Gasteiger partial charge is 0.309 e. The summed E-state index contributed by atoms with van der Waals surface area (Å²) in [5.41, 5.74) is 4.89. The lowest BCUT2D eigenvalue weighted by Crippen LogP contribution is -2.38. The molecule has 0 radical (unpaired) electrons. The fraction of sp³-hybridized carbons (Fsp3) is 0.800. The molecule has 3 N–H and O–H groups in total. The number of carbonyl (C=O) groups excluding carboxylic acids is 2. The van der Waals surface area contributed by atoms with Crippen molar-refractivity contribution < 1.29 is 19.1 Å². The molecule has 0 spiro atoms. The minimum Gasteiger partial charge on any atom is -0.469 e. The molecule has 0 aliphatic carbocycles. The van der Waals surface area contributed by atoms with Crippen molar-refractivity contribution >= 4 is 11.9 Å². The fourth-order valence-electron chi connectivity index (χ4n) is 1.10. The first-order valence-electron chi connectivity index (χ1n) is 5.16. The molecule has 0 aliphatic rings. The van der Waals surface area contributed by atoms with E-state index in [1.165, 1.54) is 7.11 Å².